The Kier molecular flexibility index (Phi) is 3.74. The first-order valence-electron chi connectivity index (χ1n) is 4.62. The zero-order valence-electron chi connectivity index (χ0n) is 8.62. The Morgan fingerprint density at radius 2 is 2.13 bits per heavy atom. The largest absolute Gasteiger partial charge is 0.508 e. The fourth-order valence-electron chi connectivity index (χ4n) is 1.28. The van der Waals surface area contributed by atoms with Gasteiger partial charge in [0.25, 0.3) is 0 Å². The number of hydrogen-bond acceptors (Lipinski definition) is 2. The molecule has 0 radical (unpaired) electrons. The van der Waals surface area contributed by atoms with E-state index in [1.165, 1.54) is 0 Å². The molecule has 0 fully saturated rings. The highest BCUT2D eigenvalue weighted by Gasteiger charge is 2.13. The fourth-order valence-corrected chi connectivity index (χ4v) is 1.77. The molecule has 1 rings (SSSR count). The van der Waals surface area contributed by atoms with E-state index in [1.807, 2.05) is 6.07 Å². The summed E-state index contributed by atoms with van der Waals surface area (Å²) in [5.74, 6) is -1.08. The molecule has 1 aromatic carbocycles. The first-order chi connectivity index (χ1) is 6.91. The lowest BCUT2D eigenvalue weighted by Crippen LogP contribution is -2.12. The highest BCUT2D eigenvalue weighted by molar-refractivity contribution is 9.10. The second-order valence-electron chi connectivity index (χ2n) is 3.67. The molecule has 3 nitrogen and oxygen atoms in total. The molecule has 0 spiro atoms. The van der Waals surface area contributed by atoms with E-state index in [2.05, 4.69) is 15.9 Å². The number of rotatable bonds is 3. The van der Waals surface area contributed by atoms with Gasteiger partial charge in [0.2, 0.25) is 0 Å². The van der Waals surface area contributed by atoms with Crippen LogP contribution in [-0.2, 0) is 11.2 Å². The van der Waals surface area contributed by atoms with E-state index in [0.717, 1.165) is 15.6 Å². The van der Waals surface area contributed by atoms with Crippen LogP contribution >= 0.6 is 15.9 Å². The van der Waals surface area contributed by atoms with Gasteiger partial charge in [0.05, 0.1) is 5.92 Å². The van der Waals surface area contributed by atoms with Gasteiger partial charge in [-0.15, -0.1) is 0 Å². The van der Waals surface area contributed by atoms with Crippen molar-refractivity contribution >= 4 is 21.9 Å². The Balaban J connectivity index is 2.92. The molecule has 0 aromatic heterocycles. The summed E-state index contributed by atoms with van der Waals surface area (Å²) in [6, 6.07) is 3.45. The van der Waals surface area contributed by atoms with Crippen LogP contribution in [-0.4, -0.2) is 16.2 Å². The van der Waals surface area contributed by atoms with Crippen molar-refractivity contribution in [2.45, 2.75) is 20.3 Å². The van der Waals surface area contributed by atoms with Crippen LogP contribution < -0.4 is 0 Å². The summed E-state index contributed by atoms with van der Waals surface area (Å²) in [7, 11) is 0. The third-order valence-electron chi connectivity index (χ3n) is 2.34. The molecule has 1 atom stereocenters. The standard InChI is InChI=1S/C11H13BrO3/c1-6(11(14)15)3-8-4-9(12)7(2)10(13)5-8/h4-6,13H,3H2,1-2H3,(H,14,15). The topological polar surface area (TPSA) is 57.5 Å². The van der Waals surface area contributed by atoms with Gasteiger partial charge in [-0.05, 0) is 31.0 Å². The predicted octanol–water partition coefficient (Wildman–Crippen LogP) is 2.73. The molecular formula is C11H13BrO3. The number of aromatic hydroxyl groups is 1. The van der Waals surface area contributed by atoms with E-state index in [-0.39, 0.29) is 5.75 Å². The van der Waals surface area contributed by atoms with E-state index >= 15 is 0 Å². The van der Waals surface area contributed by atoms with Gasteiger partial charge in [-0.25, -0.2) is 0 Å². The summed E-state index contributed by atoms with van der Waals surface area (Å²) in [6.45, 7) is 3.44. The van der Waals surface area contributed by atoms with Crippen LogP contribution in [0.4, 0.5) is 0 Å². The smallest absolute Gasteiger partial charge is 0.306 e. The van der Waals surface area contributed by atoms with Crippen molar-refractivity contribution < 1.29 is 15.0 Å². The molecule has 0 heterocycles. The lowest BCUT2D eigenvalue weighted by Gasteiger charge is -2.09. The second kappa shape index (κ2) is 4.66. The van der Waals surface area contributed by atoms with Crippen LogP contribution in [0, 0.1) is 12.8 Å². The van der Waals surface area contributed by atoms with E-state index in [4.69, 9.17) is 5.11 Å². The molecule has 0 saturated heterocycles. The highest BCUT2D eigenvalue weighted by atomic mass is 79.9. The lowest BCUT2D eigenvalue weighted by atomic mass is 10.00. The fraction of sp³-hybridized carbons (Fsp3) is 0.364. The summed E-state index contributed by atoms with van der Waals surface area (Å²) < 4.78 is 0.801. The normalized spacial score (nSPS) is 12.5. The third-order valence-corrected chi connectivity index (χ3v) is 3.16. The molecular weight excluding hydrogens is 260 g/mol. The maximum atomic E-state index is 10.7. The van der Waals surface area contributed by atoms with Crippen LogP contribution in [0.25, 0.3) is 0 Å². The Hall–Kier alpha value is -1.03. The molecule has 15 heavy (non-hydrogen) atoms. The summed E-state index contributed by atoms with van der Waals surface area (Å²) >= 11 is 3.32. The van der Waals surface area contributed by atoms with E-state index in [9.17, 15) is 9.90 Å². The number of carboxylic acids is 1. The number of phenols is 1. The number of benzene rings is 1. The Bertz CT molecular complexity index is 364. The third kappa shape index (κ3) is 2.96. The van der Waals surface area contributed by atoms with Crippen molar-refractivity contribution in [2.75, 3.05) is 0 Å². The highest BCUT2D eigenvalue weighted by Crippen LogP contribution is 2.27. The van der Waals surface area contributed by atoms with Gasteiger partial charge in [0, 0.05) is 10.0 Å². The lowest BCUT2D eigenvalue weighted by molar-refractivity contribution is -0.141. The average Bonchev–Trinajstić information content (AvgIpc) is 2.13. The molecule has 0 amide bonds. The predicted molar refractivity (Wildman–Crippen MR) is 61.0 cm³/mol. The number of halogens is 1. The Morgan fingerprint density at radius 1 is 1.53 bits per heavy atom. The summed E-state index contributed by atoms with van der Waals surface area (Å²) in [6.07, 6.45) is 0.418. The zero-order valence-corrected chi connectivity index (χ0v) is 10.2. The summed E-state index contributed by atoms with van der Waals surface area (Å²) in [4.78, 5) is 10.7. The van der Waals surface area contributed by atoms with Crippen molar-refractivity contribution in [1.29, 1.82) is 0 Å². The van der Waals surface area contributed by atoms with Gasteiger partial charge >= 0.3 is 5.97 Å². The van der Waals surface area contributed by atoms with Gasteiger partial charge in [0.15, 0.2) is 0 Å². The maximum Gasteiger partial charge on any atom is 0.306 e. The van der Waals surface area contributed by atoms with E-state index < -0.39 is 11.9 Å². The van der Waals surface area contributed by atoms with E-state index in [0.29, 0.717) is 6.42 Å². The second-order valence-corrected chi connectivity index (χ2v) is 4.52. The minimum Gasteiger partial charge on any atom is -0.508 e. The molecule has 0 aliphatic rings. The van der Waals surface area contributed by atoms with Crippen molar-refractivity contribution in [1.82, 2.24) is 0 Å². The minimum absolute atomic E-state index is 0.192. The molecule has 1 aromatic rings. The minimum atomic E-state index is -0.828. The quantitative estimate of drug-likeness (QED) is 0.890. The number of phenolic OH excluding ortho intramolecular Hbond substituents is 1. The van der Waals surface area contributed by atoms with Crippen LogP contribution in [0.3, 0.4) is 0 Å². The van der Waals surface area contributed by atoms with Gasteiger partial charge in [-0.3, -0.25) is 4.79 Å². The maximum absolute atomic E-state index is 10.7. The van der Waals surface area contributed by atoms with Gasteiger partial charge < -0.3 is 10.2 Å². The van der Waals surface area contributed by atoms with Crippen LogP contribution in [0.15, 0.2) is 16.6 Å². The number of carboxylic acid groups (broad SMARTS) is 1. The average molecular weight is 273 g/mol. The first kappa shape index (κ1) is 12.0. The Morgan fingerprint density at radius 3 is 2.60 bits per heavy atom. The summed E-state index contributed by atoms with van der Waals surface area (Å²) in [5.41, 5.74) is 1.58. The Labute approximate surface area is 96.9 Å². The molecule has 82 valence electrons. The monoisotopic (exact) mass is 272 g/mol. The molecule has 0 aliphatic carbocycles. The van der Waals surface area contributed by atoms with Crippen LogP contribution in [0.5, 0.6) is 5.75 Å². The van der Waals surface area contributed by atoms with Gasteiger partial charge in [-0.1, -0.05) is 22.9 Å². The molecule has 0 bridgehead atoms. The van der Waals surface area contributed by atoms with Gasteiger partial charge in [-0.2, -0.15) is 0 Å². The van der Waals surface area contributed by atoms with Crippen molar-refractivity contribution in [2.24, 2.45) is 5.92 Å². The number of carbonyl (C=O) groups is 1. The molecule has 1 unspecified atom stereocenters. The molecule has 4 heteroatoms. The molecule has 0 aliphatic heterocycles. The van der Waals surface area contributed by atoms with Crippen molar-refractivity contribution in [3.63, 3.8) is 0 Å². The molecule has 0 saturated carbocycles. The number of aliphatic carboxylic acids is 1. The van der Waals surface area contributed by atoms with Crippen molar-refractivity contribution in [3.05, 3.63) is 27.7 Å². The molecule has 2 N–H and O–H groups in total. The van der Waals surface area contributed by atoms with Gasteiger partial charge in [0.1, 0.15) is 5.75 Å². The van der Waals surface area contributed by atoms with Crippen molar-refractivity contribution in [3.8, 4) is 5.75 Å². The first-order valence-corrected chi connectivity index (χ1v) is 5.42. The zero-order chi connectivity index (χ0) is 11.6. The SMILES string of the molecule is Cc1c(O)cc(CC(C)C(=O)O)cc1Br. The van der Waals surface area contributed by atoms with Crippen LogP contribution in [0.2, 0.25) is 0 Å². The number of hydrogen-bond donors (Lipinski definition) is 2. The van der Waals surface area contributed by atoms with E-state index in [1.54, 1.807) is 19.9 Å². The van der Waals surface area contributed by atoms with Crippen LogP contribution in [0.1, 0.15) is 18.1 Å². The summed E-state index contributed by atoms with van der Waals surface area (Å²) in [5, 5.41) is 18.3.